The minimum atomic E-state index is 0.641. The summed E-state index contributed by atoms with van der Waals surface area (Å²) < 4.78 is 0. The van der Waals surface area contributed by atoms with Crippen LogP contribution in [-0.2, 0) is 13.0 Å². The molecule has 0 aromatic heterocycles. The third kappa shape index (κ3) is 3.00. The lowest BCUT2D eigenvalue weighted by Gasteiger charge is -2.26. The number of hydrogen-bond acceptors (Lipinski definition) is 1. The summed E-state index contributed by atoms with van der Waals surface area (Å²) in [7, 11) is 0. The molecule has 4 rings (SSSR count). The van der Waals surface area contributed by atoms with E-state index in [4.69, 9.17) is 0 Å². The maximum Gasteiger partial charge on any atom is 0.0211 e. The molecule has 1 N–H and O–H groups in total. The normalized spacial score (nSPS) is 17.0. The lowest BCUT2D eigenvalue weighted by atomic mass is 9.81. The first-order valence-electron chi connectivity index (χ1n) is 8.74. The van der Waals surface area contributed by atoms with E-state index in [2.05, 4.69) is 78.6 Å². The second-order valence-corrected chi connectivity index (χ2v) is 6.80. The number of hydrogen-bond donors (Lipinski definition) is 1. The van der Waals surface area contributed by atoms with Gasteiger partial charge in [0.1, 0.15) is 0 Å². The van der Waals surface area contributed by atoms with E-state index in [1.807, 2.05) is 0 Å². The van der Waals surface area contributed by atoms with E-state index in [1.165, 1.54) is 33.0 Å². The molecular weight excluding hydrogens is 290 g/mol. The molecule has 120 valence electrons. The van der Waals surface area contributed by atoms with Crippen molar-refractivity contribution in [1.29, 1.82) is 0 Å². The van der Waals surface area contributed by atoms with Gasteiger partial charge in [0.05, 0.1) is 0 Å². The van der Waals surface area contributed by atoms with Crippen molar-refractivity contribution in [2.24, 2.45) is 5.92 Å². The first-order chi connectivity index (χ1) is 11.8. The predicted octanol–water partition coefficient (Wildman–Crippen LogP) is 5.21. The van der Waals surface area contributed by atoms with Gasteiger partial charge in [-0.25, -0.2) is 0 Å². The highest BCUT2D eigenvalue weighted by Crippen LogP contribution is 2.32. The number of benzene rings is 3. The van der Waals surface area contributed by atoms with Gasteiger partial charge in [0.25, 0.3) is 0 Å². The Balaban J connectivity index is 1.42. The second kappa shape index (κ2) is 6.62. The molecule has 0 amide bonds. The van der Waals surface area contributed by atoms with E-state index in [0.29, 0.717) is 5.92 Å². The minimum Gasteiger partial charge on any atom is -0.312 e. The summed E-state index contributed by atoms with van der Waals surface area (Å²) in [4.78, 5) is 0. The van der Waals surface area contributed by atoms with Gasteiger partial charge in [-0.3, -0.25) is 0 Å². The molecule has 1 aliphatic rings. The van der Waals surface area contributed by atoms with Crippen LogP contribution in [-0.4, -0.2) is 6.54 Å². The Bertz CT molecular complexity index is 873. The van der Waals surface area contributed by atoms with Crippen molar-refractivity contribution < 1.29 is 0 Å². The molecule has 0 saturated carbocycles. The maximum atomic E-state index is 4.29. The Hall–Kier alpha value is -2.38. The van der Waals surface area contributed by atoms with E-state index >= 15 is 0 Å². The van der Waals surface area contributed by atoms with Crippen LogP contribution in [0.15, 0.2) is 73.3 Å². The van der Waals surface area contributed by atoms with Gasteiger partial charge in [0.2, 0.25) is 0 Å². The van der Waals surface area contributed by atoms with Gasteiger partial charge < -0.3 is 5.32 Å². The molecule has 0 fully saturated rings. The van der Waals surface area contributed by atoms with Crippen molar-refractivity contribution in [2.75, 3.05) is 6.54 Å². The third-order valence-electron chi connectivity index (χ3n) is 5.07. The average molecular weight is 313 g/mol. The summed E-state index contributed by atoms with van der Waals surface area (Å²) in [5.41, 5.74) is 5.48. The first-order valence-corrected chi connectivity index (χ1v) is 8.74. The van der Waals surface area contributed by atoms with Crippen LogP contribution in [0.3, 0.4) is 0 Å². The molecule has 1 atom stereocenters. The number of rotatable bonds is 4. The topological polar surface area (TPSA) is 12.0 Å². The summed E-state index contributed by atoms with van der Waals surface area (Å²) in [6, 6.07) is 23.9. The largest absolute Gasteiger partial charge is 0.312 e. The number of fused-ring (bicyclic) bond motifs is 2. The fraction of sp³-hybridized carbons (Fsp3) is 0.217. The number of allylic oxidation sites excluding steroid dienone is 1. The van der Waals surface area contributed by atoms with Crippen LogP contribution in [0.2, 0.25) is 0 Å². The van der Waals surface area contributed by atoms with Crippen LogP contribution in [0.4, 0.5) is 0 Å². The summed E-state index contributed by atoms with van der Waals surface area (Å²) in [5.74, 6) is 0.641. The molecule has 3 aromatic rings. The standard InChI is InChI=1S/C23H23N/c1-17-13-18(14-20-8-3-4-11-22(17)20)15-24-16-21-10-6-9-19-7-2-5-12-23(19)21/h2-12,18,24H,1,13-16H2. The smallest absolute Gasteiger partial charge is 0.0211 e. The Morgan fingerprint density at radius 3 is 2.62 bits per heavy atom. The van der Waals surface area contributed by atoms with E-state index in [1.54, 1.807) is 0 Å². The second-order valence-electron chi connectivity index (χ2n) is 6.80. The third-order valence-corrected chi connectivity index (χ3v) is 5.07. The molecule has 1 unspecified atom stereocenters. The molecule has 0 heterocycles. The zero-order valence-electron chi connectivity index (χ0n) is 14.0. The van der Waals surface area contributed by atoms with Crippen molar-refractivity contribution in [1.82, 2.24) is 5.32 Å². The molecule has 1 nitrogen and oxygen atoms in total. The van der Waals surface area contributed by atoms with E-state index in [9.17, 15) is 0 Å². The van der Waals surface area contributed by atoms with Crippen molar-refractivity contribution in [3.8, 4) is 0 Å². The fourth-order valence-corrected chi connectivity index (χ4v) is 3.89. The predicted molar refractivity (Wildman–Crippen MR) is 103 cm³/mol. The molecular formula is C23H23N. The SMILES string of the molecule is C=C1CC(CNCc2cccc3ccccc23)Cc2ccccc21. The first kappa shape index (κ1) is 15.2. The highest BCUT2D eigenvalue weighted by molar-refractivity contribution is 5.85. The molecule has 0 radical (unpaired) electrons. The van der Waals surface area contributed by atoms with Crippen LogP contribution in [0, 0.1) is 5.92 Å². The number of nitrogens with one attached hydrogen (secondary N) is 1. The van der Waals surface area contributed by atoms with Crippen molar-refractivity contribution in [2.45, 2.75) is 19.4 Å². The zero-order valence-corrected chi connectivity index (χ0v) is 14.0. The summed E-state index contributed by atoms with van der Waals surface area (Å²) in [6.45, 7) is 6.25. The highest BCUT2D eigenvalue weighted by atomic mass is 14.9. The zero-order chi connectivity index (χ0) is 16.4. The Labute approximate surface area is 144 Å². The molecule has 24 heavy (non-hydrogen) atoms. The lowest BCUT2D eigenvalue weighted by Crippen LogP contribution is -2.26. The van der Waals surface area contributed by atoms with E-state index in [0.717, 1.165) is 25.9 Å². The van der Waals surface area contributed by atoms with E-state index in [-0.39, 0.29) is 0 Å². The van der Waals surface area contributed by atoms with Gasteiger partial charge in [-0.05, 0) is 58.3 Å². The van der Waals surface area contributed by atoms with E-state index < -0.39 is 0 Å². The molecule has 0 bridgehead atoms. The lowest BCUT2D eigenvalue weighted by molar-refractivity contribution is 0.474. The quantitative estimate of drug-likeness (QED) is 0.697. The maximum absolute atomic E-state index is 4.29. The molecule has 0 saturated heterocycles. The van der Waals surface area contributed by atoms with Gasteiger partial charge in [-0.15, -0.1) is 0 Å². The van der Waals surface area contributed by atoms with Crippen molar-refractivity contribution in [3.63, 3.8) is 0 Å². The van der Waals surface area contributed by atoms with Gasteiger partial charge in [-0.1, -0.05) is 73.3 Å². The van der Waals surface area contributed by atoms with Gasteiger partial charge in [-0.2, -0.15) is 0 Å². The molecule has 0 spiro atoms. The molecule has 0 aliphatic heterocycles. The van der Waals surface area contributed by atoms with Gasteiger partial charge in [0.15, 0.2) is 0 Å². The van der Waals surface area contributed by atoms with Crippen LogP contribution >= 0.6 is 0 Å². The Morgan fingerprint density at radius 1 is 0.875 bits per heavy atom. The molecule has 1 heteroatoms. The van der Waals surface area contributed by atoms with Gasteiger partial charge >= 0.3 is 0 Å². The van der Waals surface area contributed by atoms with Gasteiger partial charge in [0, 0.05) is 6.54 Å². The Morgan fingerprint density at radius 2 is 1.67 bits per heavy atom. The molecule has 3 aromatic carbocycles. The highest BCUT2D eigenvalue weighted by Gasteiger charge is 2.20. The van der Waals surface area contributed by atoms with Crippen molar-refractivity contribution in [3.05, 3.63) is 90.0 Å². The summed E-state index contributed by atoms with van der Waals surface area (Å²) >= 11 is 0. The Kier molecular flexibility index (Phi) is 4.18. The summed E-state index contributed by atoms with van der Waals surface area (Å²) in [6.07, 6.45) is 2.25. The van der Waals surface area contributed by atoms with Crippen LogP contribution in [0.25, 0.3) is 16.3 Å². The molecule has 1 aliphatic carbocycles. The average Bonchev–Trinajstić information content (AvgIpc) is 2.62. The van der Waals surface area contributed by atoms with Crippen LogP contribution < -0.4 is 5.32 Å². The van der Waals surface area contributed by atoms with Crippen LogP contribution in [0.1, 0.15) is 23.1 Å². The summed E-state index contributed by atoms with van der Waals surface area (Å²) in [5, 5.41) is 6.34. The fourth-order valence-electron chi connectivity index (χ4n) is 3.89. The minimum absolute atomic E-state index is 0.641. The monoisotopic (exact) mass is 313 g/mol. The van der Waals surface area contributed by atoms with Crippen LogP contribution in [0.5, 0.6) is 0 Å². The van der Waals surface area contributed by atoms with Crippen molar-refractivity contribution >= 4 is 16.3 Å².